The summed E-state index contributed by atoms with van der Waals surface area (Å²) in [5.41, 5.74) is -0.0800. The van der Waals surface area contributed by atoms with Gasteiger partial charge in [0.15, 0.2) is 0 Å². The fourth-order valence-electron chi connectivity index (χ4n) is 1.11. The van der Waals surface area contributed by atoms with Gasteiger partial charge in [-0.05, 0) is 17.4 Å². The number of carbonyl (C=O) groups is 1. The molecule has 0 aliphatic rings. The highest BCUT2D eigenvalue weighted by atomic mass is 16.6. The Labute approximate surface area is 100.0 Å². The van der Waals surface area contributed by atoms with E-state index in [0.29, 0.717) is 5.01 Å². The minimum absolute atomic E-state index is 0.0804. The second-order valence-corrected chi connectivity index (χ2v) is 2.90. The van der Waals surface area contributed by atoms with Gasteiger partial charge in [-0.2, -0.15) is 0 Å². The van der Waals surface area contributed by atoms with Gasteiger partial charge in [-0.1, -0.05) is 5.01 Å². The first-order valence-electron chi connectivity index (χ1n) is 4.48. The van der Waals surface area contributed by atoms with Crippen molar-refractivity contribution in [2.75, 3.05) is 11.7 Å². The predicted molar refractivity (Wildman–Crippen MR) is 57.0 cm³/mol. The second-order valence-electron chi connectivity index (χ2n) is 2.90. The Balaban J connectivity index is 2.97. The van der Waals surface area contributed by atoms with Crippen molar-refractivity contribution in [3.63, 3.8) is 0 Å². The van der Waals surface area contributed by atoms with Crippen molar-refractivity contribution in [3.8, 4) is 0 Å². The zero-order valence-electron chi connectivity index (χ0n) is 8.83. The number of non-ortho nitro benzene ring substituents is 1. The number of rotatable bonds is 6. The number of hydrazine groups is 1. The molecule has 0 saturated carbocycles. The van der Waals surface area contributed by atoms with Crippen LogP contribution in [0.3, 0.4) is 0 Å². The topological polar surface area (TPSA) is 134 Å². The SMILES string of the molecule is O=COCN(c1ccc([N+](=O)[O-])cc1)/[N+]([O-])=N/[O-]. The number of benzene rings is 1. The normalized spacial score (nSPS) is 10.8. The van der Waals surface area contributed by atoms with Crippen LogP contribution in [0.5, 0.6) is 0 Å². The van der Waals surface area contributed by atoms with Crippen LogP contribution in [0.15, 0.2) is 29.5 Å². The number of hydrogen-bond donors (Lipinski definition) is 0. The molecule has 0 amide bonds. The Kier molecular flexibility index (Phi) is 4.37. The van der Waals surface area contributed by atoms with Gasteiger partial charge in [-0.3, -0.25) is 14.9 Å². The highest BCUT2D eigenvalue weighted by Gasteiger charge is 2.16. The van der Waals surface area contributed by atoms with Crippen molar-refractivity contribution in [1.82, 2.24) is 0 Å². The van der Waals surface area contributed by atoms with Crippen LogP contribution in [0, 0.1) is 20.5 Å². The van der Waals surface area contributed by atoms with Crippen LogP contribution in [0.1, 0.15) is 0 Å². The Morgan fingerprint density at radius 2 is 1.94 bits per heavy atom. The standard InChI is InChI=1S/C8H8N4O6/c13-6-18-5-10(12(17)9-14)7-1-3-8(4-2-7)11(15)16/h1-4,6,14H,5H2/p-1/b12-9-. The maximum Gasteiger partial charge on any atom is 0.295 e. The van der Waals surface area contributed by atoms with Gasteiger partial charge in [-0.25, -0.2) is 0 Å². The van der Waals surface area contributed by atoms with Crippen molar-refractivity contribution in [2.45, 2.75) is 0 Å². The summed E-state index contributed by atoms with van der Waals surface area (Å²) in [5, 5.41) is 34.4. The summed E-state index contributed by atoms with van der Waals surface area (Å²) in [5.74, 6) is 0. The number of nitro benzene ring substituents is 1. The molecule has 0 aliphatic carbocycles. The van der Waals surface area contributed by atoms with Gasteiger partial charge >= 0.3 is 0 Å². The van der Waals surface area contributed by atoms with Crippen molar-refractivity contribution >= 4 is 17.8 Å². The highest BCUT2D eigenvalue weighted by Crippen LogP contribution is 2.19. The highest BCUT2D eigenvalue weighted by molar-refractivity contribution is 5.49. The Morgan fingerprint density at radius 3 is 2.39 bits per heavy atom. The maximum atomic E-state index is 11.1. The molecule has 10 nitrogen and oxygen atoms in total. The molecule has 0 bridgehead atoms. The predicted octanol–water partition coefficient (Wildman–Crippen LogP) is 0.907. The Bertz CT molecular complexity index is 459. The molecule has 0 saturated heterocycles. The van der Waals surface area contributed by atoms with Gasteiger partial charge in [0.1, 0.15) is 5.69 Å². The van der Waals surface area contributed by atoms with E-state index in [4.69, 9.17) is 0 Å². The van der Waals surface area contributed by atoms with Crippen LogP contribution in [0.2, 0.25) is 0 Å². The molecule has 0 fully saturated rings. The lowest BCUT2D eigenvalue weighted by Crippen LogP contribution is -2.32. The molecule has 1 aromatic carbocycles. The lowest BCUT2D eigenvalue weighted by Gasteiger charge is -2.17. The average Bonchev–Trinajstić information content (AvgIpc) is 2.39. The van der Waals surface area contributed by atoms with E-state index in [0.717, 1.165) is 12.1 Å². The van der Waals surface area contributed by atoms with E-state index < -0.39 is 11.7 Å². The number of nitrogens with zero attached hydrogens (tertiary/aromatic N) is 4. The van der Waals surface area contributed by atoms with Crippen LogP contribution in [-0.2, 0) is 9.53 Å². The molecule has 0 unspecified atom stereocenters. The molecule has 0 atom stereocenters. The molecule has 0 aliphatic heterocycles. The van der Waals surface area contributed by atoms with E-state index in [1.165, 1.54) is 12.1 Å². The molecular formula is C8H7N4O6-. The van der Waals surface area contributed by atoms with Gasteiger partial charge in [0.05, 0.1) is 4.92 Å². The molecule has 18 heavy (non-hydrogen) atoms. The Hall–Kier alpha value is -2.91. The monoisotopic (exact) mass is 255 g/mol. The minimum atomic E-state index is -0.622. The number of hydrogen-bond acceptors (Lipinski definition) is 7. The summed E-state index contributed by atoms with van der Waals surface area (Å²) in [4.78, 5) is 19.5. The zero-order chi connectivity index (χ0) is 13.5. The molecule has 10 heteroatoms. The first kappa shape index (κ1) is 13.2. The quantitative estimate of drug-likeness (QED) is 0.184. The summed E-state index contributed by atoms with van der Waals surface area (Å²) in [6, 6.07) is 4.68. The van der Waals surface area contributed by atoms with E-state index in [-0.39, 0.29) is 22.8 Å². The van der Waals surface area contributed by atoms with E-state index >= 15 is 0 Å². The molecular weight excluding hydrogens is 248 g/mol. The van der Waals surface area contributed by atoms with E-state index in [9.17, 15) is 25.3 Å². The van der Waals surface area contributed by atoms with Gasteiger partial charge in [0, 0.05) is 17.1 Å². The lowest BCUT2D eigenvalue weighted by atomic mass is 10.3. The molecule has 96 valence electrons. The summed E-state index contributed by atoms with van der Waals surface area (Å²) < 4.78 is 4.32. The lowest BCUT2D eigenvalue weighted by molar-refractivity contribution is -0.544. The van der Waals surface area contributed by atoms with Gasteiger partial charge < -0.3 is 15.2 Å². The summed E-state index contributed by atoms with van der Waals surface area (Å²) in [7, 11) is 0. The molecule has 1 aromatic rings. The van der Waals surface area contributed by atoms with Crippen molar-refractivity contribution in [2.24, 2.45) is 5.28 Å². The molecule has 0 aromatic heterocycles. The van der Waals surface area contributed by atoms with Crippen molar-refractivity contribution in [3.05, 3.63) is 44.8 Å². The molecule has 0 N–H and O–H groups in total. The fraction of sp³-hybridized carbons (Fsp3) is 0.125. The smallest absolute Gasteiger partial charge is 0.295 e. The zero-order valence-corrected chi connectivity index (χ0v) is 8.83. The van der Waals surface area contributed by atoms with E-state index in [2.05, 4.69) is 10.0 Å². The third-order valence-corrected chi connectivity index (χ3v) is 1.90. The molecule has 0 heterocycles. The average molecular weight is 255 g/mol. The third kappa shape index (κ3) is 3.04. The maximum absolute atomic E-state index is 11.1. The fourth-order valence-corrected chi connectivity index (χ4v) is 1.11. The van der Waals surface area contributed by atoms with Gasteiger partial charge in [0.25, 0.3) is 12.2 Å². The first-order valence-corrected chi connectivity index (χ1v) is 4.48. The number of carbonyl (C=O) groups excluding carboxylic acids is 1. The number of anilines is 1. The molecule has 1 rings (SSSR count). The summed E-state index contributed by atoms with van der Waals surface area (Å²) in [6.07, 6.45) is 0. The molecule has 0 spiro atoms. The Morgan fingerprint density at radius 1 is 1.33 bits per heavy atom. The number of nitro groups is 1. The first-order chi connectivity index (χ1) is 8.60. The van der Waals surface area contributed by atoms with Crippen LogP contribution in [0.4, 0.5) is 11.4 Å². The van der Waals surface area contributed by atoms with Gasteiger partial charge in [-0.15, -0.1) is 0 Å². The molecule has 0 radical (unpaired) electrons. The van der Waals surface area contributed by atoms with Crippen LogP contribution >= 0.6 is 0 Å². The third-order valence-electron chi connectivity index (χ3n) is 1.90. The summed E-state index contributed by atoms with van der Waals surface area (Å²) in [6.45, 7) is -0.465. The van der Waals surface area contributed by atoms with E-state index in [1.807, 2.05) is 0 Å². The second kappa shape index (κ2) is 5.98. The van der Waals surface area contributed by atoms with E-state index in [1.54, 1.807) is 0 Å². The minimum Gasteiger partial charge on any atom is -0.737 e. The summed E-state index contributed by atoms with van der Waals surface area (Å²) >= 11 is 0. The van der Waals surface area contributed by atoms with Gasteiger partial charge in [0.2, 0.25) is 6.73 Å². The number of ether oxygens (including phenoxy) is 1. The largest absolute Gasteiger partial charge is 0.737 e. The van der Waals surface area contributed by atoms with Crippen LogP contribution in [0.25, 0.3) is 0 Å². The van der Waals surface area contributed by atoms with Crippen LogP contribution < -0.4 is 5.01 Å². The van der Waals surface area contributed by atoms with Crippen molar-refractivity contribution in [1.29, 1.82) is 0 Å². The van der Waals surface area contributed by atoms with Crippen LogP contribution in [-0.4, -0.2) is 23.1 Å². The van der Waals surface area contributed by atoms with Crippen molar-refractivity contribution < 1.29 is 19.4 Å².